The quantitative estimate of drug-likeness (QED) is 0.414. The molecule has 1 rings (SSSR count). The number of aryl methyl sites for hydroxylation is 2. The summed E-state index contributed by atoms with van der Waals surface area (Å²) in [5, 5.41) is 0. The molecule has 0 radical (unpaired) electrons. The Hall–Kier alpha value is -1.84. The van der Waals surface area contributed by atoms with Crippen LogP contribution in [0.5, 0.6) is 5.75 Å². The third-order valence-electron chi connectivity index (χ3n) is 3.29. The highest BCUT2D eigenvalue weighted by atomic mass is 16.5. The van der Waals surface area contributed by atoms with E-state index < -0.39 is 5.97 Å². The van der Waals surface area contributed by atoms with Gasteiger partial charge in [0.2, 0.25) is 0 Å². The molecule has 0 heterocycles. The first-order chi connectivity index (χ1) is 10.4. The largest absolute Gasteiger partial charge is 0.466 e. The Labute approximate surface area is 132 Å². The zero-order valence-corrected chi connectivity index (χ0v) is 14.0. The predicted molar refractivity (Wildman–Crippen MR) is 85.8 cm³/mol. The van der Waals surface area contributed by atoms with E-state index in [0.717, 1.165) is 24.0 Å². The SMILES string of the molecule is Cc1ccc(C)c(OC(=O)CCC(=O)OCCCC(C)C)c1. The van der Waals surface area contributed by atoms with E-state index >= 15 is 0 Å². The summed E-state index contributed by atoms with van der Waals surface area (Å²) < 4.78 is 10.4. The number of carbonyl (C=O) groups is 2. The van der Waals surface area contributed by atoms with Crippen molar-refractivity contribution in [3.8, 4) is 5.75 Å². The normalized spacial score (nSPS) is 10.6. The molecule has 0 aromatic heterocycles. The monoisotopic (exact) mass is 306 g/mol. The highest BCUT2D eigenvalue weighted by Crippen LogP contribution is 2.19. The summed E-state index contributed by atoms with van der Waals surface area (Å²) in [6.07, 6.45) is 1.99. The van der Waals surface area contributed by atoms with Crippen LogP contribution in [0.2, 0.25) is 0 Å². The molecule has 1 aromatic carbocycles. The van der Waals surface area contributed by atoms with Crippen molar-refractivity contribution < 1.29 is 19.1 Å². The maximum Gasteiger partial charge on any atom is 0.311 e. The summed E-state index contributed by atoms with van der Waals surface area (Å²) in [5.41, 5.74) is 1.92. The van der Waals surface area contributed by atoms with Gasteiger partial charge in [0.05, 0.1) is 19.4 Å². The lowest BCUT2D eigenvalue weighted by Gasteiger charge is -2.09. The Balaban J connectivity index is 2.28. The van der Waals surface area contributed by atoms with Crippen molar-refractivity contribution in [2.75, 3.05) is 6.61 Å². The van der Waals surface area contributed by atoms with Gasteiger partial charge in [0.1, 0.15) is 5.75 Å². The molecule has 0 aliphatic rings. The van der Waals surface area contributed by atoms with Crippen molar-refractivity contribution in [2.24, 2.45) is 5.92 Å². The second kappa shape index (κ2) is 9.23. The van der Waals surface area contributed by atoms with Gasteiger partial charge in [-0.1, -0.05) is 26.0 Å². The lowest BCUT2D eigenvalue weighted by Crippen LogP contribution is -2.13. The fraction of sp³-hybridized carbons (Fsp3) is 0.556. The second-order valence-electron chi connectivity index (χ2n) is 6.00. The molecule has 0 fully saturated rings. The maximum absolute atomic E-state index is 11.8. The van der Waals surface area contributed by atoms with Crippen LogP contribution >= 0.6 is 0 Å². The van der Waals surface area contributed by atoms with E-state index in [2.05, 4.69) is 13.8 Å². The first kappa shape index (κ1) is 18.2. The van der Waals surface area contributed by atoms with Crippen LogP contribution in [0.15, 0.2) is 18.2 Å². The third kappa shape index (κ3) is 7.25. The number of hydrogen-bond donors (Lipinski definition) is 0. The first-order valence-corrected chi connectivity index (χ1v) is 7.82. The molecule has 0 aliphatic heterocycles. The van der Waals surface area contributed by atoms with Crippen LogP contribution in [0.3, 0.4) is 0 Å². The highest BCUT2D eigenvalue weighted by Gasteiger charge is 2.11. The summed E-state index contributed by atoms with van der Waals surface area (Å²) in [5.74, 6) is 0.399. The molecule has 0 saturated heterocycles. The number of ether oxygens (including phenoxy) is 2. The molecule has 0 bridgehead atoms. The molecule has 0 saturated carbocycles. The Morgan fingerprint density at radius 3 is 2.45 bits per heavy atom. The average Bonchev–Trinajstić information content (AvgIpc) is 2.45. The van der Waals surface area contributed by atoms with Crippen LogP contribution in [0.1, 0.15) is 50.7 Å². The van der Waals surface area contributed by atoms with Gasteiger partial charge in [-0.05, 0) is 49.8 Å². The van der Waals surface area contributed by atoms with E-state index in [-0.39, 0.29) is 18.8 Å². The van der Waals surface area contributed by atoms with Crippen molar-refractivity contribution in [3.05, 3.63) is 29.3 Å². The summed E-state index contributed by atoms with van der Waals surface area (Å²) in [7, 11) is 0. The van der Waals surface area contributed by atoms with E-state index in [1.807, 2.05) is 32.0 Å². The number of benzene rings is 1. The smallest absolute Gasteiger partial charge is 0.311 e. The molecule has 0 amide bonds. The van der Waals surface area contributed by atoms with Gasteiger partial charge in [0, 0.05) is 0 Å². The van der Waals surface area contributed by atoms with Crippen LogP contribution in [0.25, 0.3) is 0 Å². The molecule has 22 heavy (non-hydrogen) atoms. The molecule has 1 aromatic rings. The van der Waals surface area contributed by atoms with Gasteiger partial charge in [0.25, 0.3) is 0 Å². The van der Waals surface area contributed by atoms with Crippen molar-refractivity contribution in [3.63, 3.8) is 0 Å². The second-order valence-corrected chi connectivity index (χ2v) is 6.00. The van der Waals surface area contributed by atoms with Crippen molar-refractivity contribution in [1.29, 1.82) is 0 Å². The number of carbonyl (C=O) groups excluding carboxylic acids is 2. The minimum Gasteiger partial charge on any atom is -0.466 e. The van der Waals surface area contributed by atoms with Gasteiger partial charge in [0.15, 0.2) is 0 Å². The predicted octanol–water partition coefficient (Wildman–Crippen LogP) is 3.97. The molecule has 4 nitrogen and oxygen atoms in total. The average molecular weight is 306 g/mol. The zero-order chi connectivity index (χ0) is 16.5. The van der Waals surface area contributed by atoms with E-state index in [0.29, 0.717) is 18.3 Å². The van der Waals surface area contributed by atoms with E-state index in [1.165, 1.54) is 0 Å². The first-order valence-electron chi connectivity index (χ1n) is 7.82. The Bertz CT molecular complexity index is 506. The van der Waals surface area contributed by atoms with E-state index in [4.69, 9.17) is 9.47 Å². The minimum atomic E-state index is -0.409. The number of rotatable bonds is 8. The molecule has 0 atom stereocenters. The van der Waals surface area contributed by atoms with Crippen LogP contribution < -0.4 is 4.74 Å². The number of hydrogen-bond acceptors (Lipinski definition) is 4. The molecule has 4 heteroatoms. The molecule has 122 valence electrons. The fourth-order valence-corrected chi connectivity index (χ4v) is 1.94. The van der Waals surface area contributed by atoms with E-state index in [1.54, 1.807) is 0 Å². The van der Waals surface area contributed by atoms with Gasteiger partial charge in [-0.2, -0.15) is 0 Å². The van der Waals surface area contributed by atoms with Gasteiger partial charge in [-0.25, -0.2) is 0 Å². The summed E-state index contributed by atoms with van der Waals surface area (Å²) in [6.45, 7) is 8.50. The lowest BCUT2D eigenvalue weighted by molar-refractivity contribution is -0.147. The molecule has 0 N–H and O–H groups in total. The van der Waals surface area contributed by atoms with E-state index in [9.17, 15) is 9.59 Å². The van der Waals surface area contributed by atoms with Crippen LogP contribution in [-0.4, -0.2) is 18.5 Å². The molecule has 0 aliphatic carbocycles. The minimum absolute atomic E-state index is 0.0381. The third-order valence-corrected chi connectivity index (χ3v) is 3.29. The van der Waals surface area contributed by atoms with Crippen molar-refractivity contribution >= 4 is 11.9 Å². The highest BCUT2D eigenvalue weighted by molar-refractivity contribution is 5.79. The Morgan fingerprint density at radius 2 is 1.77 bits per heavy atom. The lowest BCUT2D eigenvalue weighted by atomic mass is 10.1. The molecular weight excluding hydrogens is 280 g/mol. The van der Waals surface area contributed by atoms with Crippen LogP contribution in [0, 0.1) is 19.8 Å². The summed E-state index contributed by atoms with van der Waals surface area (Å²) in [4.78, 5) is 23.3. The summed E-state index contributed by atoms with van der Waals surface area (Å²) in [6, 6.07) is 5.68. The van der Waals surface area contributed by atoms with Gasteiger partial charge in [-0.15, -0.1) is 0 Å². The molecular formula is C18H26O4. The van der Waals surface area contributed by atoms with Crippen LogP contribution in [0.4, 0.5) is 0 Å². The Morgan fingerprint density at radius 1 is 1.09 bits per heavy atom. The van der Waals surface area contributed by atoms with Crippen molar-refractivity contribution in [2.45, 2.75) is 53.4 Å². The number of esters is 2. The molecule has 0 spiro atoms. The summed E-state index contributed by atoms with van der Waals surface area (Å²) >= 11 is 0. The fourth-order valence-electron chi connectivity index (χ4n) is 1.94. The van der Waals surface area contributed by atoms with Gasteiger partial charge >= 0.3 is 11.9 Å². The van der Waals surface area contributed by atoms with Crippen LogP contribution in [-0.2, 0) is 14.3 Å². The maximum atomic E-state index is 11.8. The zero-order valence-electron chi connectivity index (χ0n) is 14.0. The van der Waals surface area contributed by atoms with Crippen molar-refractivity contribution in [1.82, 2.24) is 0 Å². The topological polar surface area (TPSA) is 52.6 Å². The standard InChI is InChI=1S/C18H26O4/c1-13(2)6-5-11-21-17(19)9-10-18(20)22-16-12-14(3)7-8-15(16)4/h7-8,12-13H,5-6,9-11H2,1-4H3. The molecule has 0 unspecified atom stereocenters. The Kier molecular flexibility index (Phi) is 7.64. The van der Waals surface area contributed by atoms with Gasteiger partial charge < -0.3 is 9.47 Å². The van der Waals surface area contributed by atoms with Gasteiger partial charge in [-0.3, -0.25) is 9.59 Å².